The van der Waals surface area contributed by atoms with Crippen molar-refractivity contribution < 1.29 is 0 Å². The average Bonchev–Trinajstić information content (AvgIpc) is 1.75. The summed E-state index contributed by atoms with van der Waals surface area (Å²) < 4.78 is 0. The minimum atomic E-state index is 1.21. The summed E-state index contributed by atoms with van der Waals surface area (Å²) in [6.45, 7) is 0. The highest BCUT2D eigenvalue weighted by Gasteiger charge is 1.82. The molecule has 1 aliphatic rings. The molecule has 1 heteroatoms. The third-order valence-corrected chi connectivity index (χ3v) is 0.644. The Morgan fingerprint density at radius 1 is 2.00 bits per heavy atom. The molecule has 0 aromatic carbocycles. The molecule has 0 aromatic rings. The standard InChI is InChI=1S/C3H3P/c4-3-1-2-3/h1H,4H2. The first-order valence-electron chi connectivity index (χ1n) is 1.12. The lowest BCUT2D eigenvalue weighted by Gasteiger charge is -1.45. The maximum atomic E-state index is 2.85. The molecule has 4 heavy (non-hydrogen) atoms. The minimum Gasteiger partial charge on any atom is -0.111 e. The highest BCUT2D eigenvalue weighted by molar-refractivity contribution is 7.23. The monoisotopic (exact) mass is 70.0 g/mol. The van der Waals surface area contributed by atoms with Crippen LogP contribution < -0.4 is 0 Å². The highest BCUT2D eigenvalue weighted by Crippen LogP contribution is 2.12. The molecule has 0 N–H and O–H groups in total. The molecule has 0 spiro atoms. The number of hydrogen-bond donors (Lipinski definition) is 0. The van der Waals surface area contributed by atoms with Gasteiger partial charge in [0.25, 0.3) is 0 Å². The summed E-state index contributed by atoms with van der Waals surface area (Å²) in [5.74, 6) is 0. The molecule has 0 amide bonds. The van der Waals surface area contributed by atoms with Crippen molar-refractivity contribution in [1.82, 2.24) is 0 Å². The van der Waals surface area contributed by atoms with Gasteiger partial charge in [0, 0.05) is 5.31 Å². The van der Waals surface area contributed by atoms with E-state index in [1.165, 1.54) is 5.31 Å². The first-order valence-corrected chi connectivity index (χ1v) is 1.69. The molecule has 1 aliphatic carbocycles. The quantitative estimate of drug-likeness (QED) is 0.293. The Hall–Kier alpha value is -0.0500. The molecule has 1 unspecified atom stereocenters. The van der Waals surface area contributed by atoms with Gasteiger partial charge in [-0.25, -0.2) is 0 Å². The van der Waals surface area contributed by atoms with Crippen molar-refractivity contribution >= 4 is 9.24 Å². The molecule has 1 atom stereocenters. The Kier molecular flexibility index (Phi) is 0.252. The lowest BCUT2D eigenvalue weighted by atomic mass is 11.0. The van der Waals surface area contributed by atoms with E-state index >= 15 is 0 Å². The van der Waals surface area contributed by atoms with Crippen LogP contribution in [0.3, 0.4) is 0 Å². The lowest BCUT2D eigenvalue weighted by Crippen LogP contribution is -1.14. The molecule has 0 aromatic heterocycles. The summed E-state index contributed by atoms with van der Waals surface area (Å²) >= 11 is 0. The van der Waals surface area contributed by atoms with Crippen molar-refractivity contribution in [3.8, 4) is 0 Å². The molecule has 0 bridgehead atoms. The van der Waals surface area contributed by atoms with Crippen molar-refractivity contribution in [3.05, 3.63) is 17.1 Å². The van der Waals surface area contributed by atoms with Crippen LogP contribution >= 0.6 is 9.24 Å². The Morgan fingerprint density at radius 3 is 2.25 bits per heavy atom. The van der Waals surface area contributed by atoms with Gasteiger partial charge in [-0.05, 0) is 6.08 Å². The van der Waals surface area contributed by atoms with Crippen LogP contribution in [0.5, 0.6) is 0 Å². The Bertz CT molecular complexity index is 85.5. The van der Waals surface area contributed by atoms with Crippen molar-refractivity contribution in [3.63, 3.8) is 0 Å². The van der Waals surface area contributed by atoms with Crippen molar-refractivity contribution in [1.29, 1.82) is 0 Å². The number of hydrogen-bond acceptors (Lipinski definition) is 0. The van der Waals surface area contributed by atoms with Gasteiger partial charge in [-0.2, -0.15) is 0 Å². The van der Waals surface area contributed by atoms with Gasteiger partial charge in [-0.1, -0.05) is 9.24 Å². The van der Waals surface area contributed by atoms with Crippen LogP contribution in [0.25, 0.3) is 0 Å². The van der Waals surface area contributed by atoms with Crippen LogP contribution in [-0.4, -0.2) is 0 Å². The Morgan fingerprint density at radius 2 is 2.25 bits per heavy atom. The van der Waals surface area contributed by atoms with Gasteiger partial charge in [0.1, 0.15) is 0 Å². The molecule has 0 nitrogen and oxygen atoms in total. The van der Waals surface area contributed by atoms with Crippen molar-refractivity contribution in [2.75, 3.05) is 0 Å². The summed E-state index contributed by atoms with van der Waals surface area (Å²) in [6, 6.07) is 0. The third kappa shape index (κ3) is 0.202. The van der Waals surface area contributed by atoms with E-state index < -0.39 is 0 Å². The first kappa shape index (κ1) is 2.20. The lowest BCUT2D eigenvalue weighted by molar-refractivity contribution is 2.39. The molecule has 20 valence electrons. The largest absolute Gasteiger partial charge is 0.111 e. The molecule has 0 saturated carbocycles. The zero-order valence-corrected chi connectivity index (χ0v) is 3.31. The molecule has 0 radical (unpaired) electrons. The first-order chi connectivity index (χ1) is 1.89. The van der Waals surface area contributed by atoms with Crippen LogP contribution in [0.2, 0.25) is 0 Å². The Balaban J connectivity index is 2.75. The highest BCUT2D eigenvalue weighted by atomic mass is 31.0. The van der Waals surface area contributed by atoms with E-state index in [1.54, 1.807) is 0 Å². The molecule has 0 heterocycles. The topological polar surface area (TPSA) is 0 Å². The van der Waals surface area contributed by atoms with Gasteiger partial charge in [0.05, 0.1) is 0 Å². The van der Waals surface area contributed by atoms with E-state index in [4.69, 9.17) is 0 Å². The van der Waals surface area contributed by atoms with Gasteiger partial charge < -0.3 is 0 Å². The number of rotatable bonds is 0. The van der Waals surface area contributed by atoms with Crippen LogP contribution in [0, 0.1) is 0 Å². The van der Waals surface area contributed by atoms with Gasteiger partial charge in [-0.3, -0.25) is 0 Å². The zero-order valence-electron chi connectivity index (χ0n) is 2.15. The van der Waals surface area contributed by atoms with Crippen LogP contribution in [0.1, 0.15) is 0 Å². The smallest absolute Gasteiger partial charge is 0.0189 e. The van der Waals surface area contributed by atoms with Gasteiger partial charge in [-0.15, -0.1) is 5.73 Å². The normalized spacial score (nSPS) is 15.8. The maximum absolute atomic E-state index is 2.85. The molecule has 0 fully saturated rings. The van der Waals surface area contributed by atoms with Gasteiger partial charge in [0.2, 0.25) is 0 Å². The Labute approximate surface area is 27.4 Å². The fourth-order valence-electron chi connectivity index (χ4n) is 0.0417. The van der Waals surface area contributed by atoms with E-state index in [2.05, 4.69) is 15.0 Å². The summed E-state index contributed by atoms with van der Waals surface area (Å²) in [5.41, 5.74) is 2.85. The number of allylic oxidation sites excluding steroid dienone is 1. The van der Waals surface area contributed by atoms with Gasteiger partial charge >= 0.3 is 0 Å². The molecular formula is C3H3P. The fourth-order valence-corrected chi connectivity index (χ4v) is 0.125. The summed E-state index contributed by atoms with van der Waals surface area (Å²) in [5, 5.41) is 1.21. The van der Waals surface area contributed by atoms with Gasteiger partial charge in [0.15, 0.2) is 0 Å². The summed E-state index contributed by atoms with van der Waals surface area (Å²) in [4.78, 5) is 0. The maximum Gasteiger partial charge on any atom is 0.0189 e. The average molecular weight is 70.0 g/mol. The van der Waals surface area contributed by atoms with E-state index in [1.807, 2.05) is 6.08 Å². The molecule has 0 aliphatic heterocycles. The van der Waals surface area contributed by atoms with E-state index in [0.29, 0.717) is 0 Å². The van der Waals surface area contributed by atoms with E-state index in [0.717, 1.165) is 0 Å². The third-order valence-electron chi connectivity index (χ3n) is 0.311. The van der Waals surface area contributed by atoms with Crippen LogP contribution in [0.4, 0.5) is 0 Å². The second-order valence-electron chi connectivity index (χ2n) is 0.744. The minimum absolute atomic E-state index is 1.21. The summed E-state index contributed by atoms with van der Waals surface area (Å²) in [6.07, 6.45) is 1.92. The zero-order chi connectivity index (χ0) is 2.99. The van der Waals surface area contributed by atoms with E-state index in [9.17, 15) is 0 Å². The van der Waals surface area contributed by atoms with Crippen molar-refractivity contribution in [2.24, 2.45) is 0 Å². The summed E-state index contributed by atoms with van der Waals surface area (Å²) in [7, 11) is 2.52. The molecule has 1 rings (SSSR count). The predicted octanol–water partition coefficient (Wildman–Crippen LogP) is 0.914. The second-order valence-corrected chi connectivity index (χ2v) is 1.37. The van der Waals surface area contributed by atoms with Crippen molar-refractivity contribution in [2.45, 2.75) is 0 Å². The molecular weight excluding hydrogens is 67.0 g/mol. The fraction of sp³-hybridized carbons (Fsp3) is 0. The SMILES string of the molecule is PC1=C=C1. The molecule has 0 saturated heterocycles. The van der Waals surface area contributed by atoms with Crippen LogP contribution in [0.15, 0.2) is 17.1 Å². The van der Waals surface area contributed by atoms with E-state index in [-0.39, 0.29) is 0 Å². The van der Waals surface area contributed by atoms with Crippen LogP contribution in [-0.2, 0) is 0 Å². The predicted molar refractivity (Wildman–Crippen MR) is 21.3 cm³/mol. The second kappa shape index (κ2) is 0.458.